The first-order valence-electron chi connectivity index (χ1n) is 4.42. The van der Waals surface area contributed by atoms with Crippen LogP contribution in [0.5, 0.6) is 0 Å². The van der Waals surface area contributed by atoms with Gasteiger partial charge in [0.05, 0.1) is 12.6 Å². The molecule has 1 unspecified atom stereocenters. The van der Waals surface area contributed by atoms with Crippen LogP contribution < -0.4 is 0 Å². The van der Waals surface area contributed by atoms with Gasteiger partial charge >= 0.3 is 6.18 Å². The van der Waals surface area contributed by atoms with Gasteiger partial charge in [-0.15, -0.1) is 0 Å². The summed E-state index contributed by atoms with van der Waals surface area (Å²) in [5, 5.41) is 9.49. The molecule has 0 rings (SSSR count). The van der Waals surface area contributed by atoms with Gasteiger partial charge in [-0.05, 0) is 13.0 Å². The maximum absolute atomic E-state index is 12.0. The molecule has 0 aliphatic rings. The lowest BCUT2D eigenvalue weighted by Crippen LogP contribution is -2.40. The SMILES string of the molecule is CCCN(CC(O)CBr)CC(F)(F)F. The van der Waals surface area contributed by atoms with Crippen molar-refractivity contribution in [3.05, 3.63) is 0 Å². The van der Waals surface area contributed by atoms with Gasteiger partial charge in [0.1, 0.15) is 0 Å². The van der Waals surface area contributed by atoms with Crippen LogP contribution in [0.1, 0.15) is 13.3 Å². The first kappa shape index (κ1) is 14.2. The van der Waals surface area contributed by atoms with E-state index in [1.54, 1.807) is 0 Å². The molecule has 0 bridgehead atoms. The molecule has 0 aromatic rings. The summed E-state index contributed by atoms with van der Waals surface area (Å²) >= 11 is 3.02. The highest BCUT2D eigenvalue weighted by molar-refractivity contribution is 9.09. The Balaban J connectivity index is 4.01. The van der Waals surface area contributed by atoms with Gasteiger partial charge in [-0.25, -0.2) is 0 Å². The summed E-state index contributed by atoms with van der Waals surface area (Å²) in [6.45, 7) is 1.26. The fourth-order valence-electron chi connectivity index (χ4n) is 1.15. The van der Waals surface area contributed by atoms with Crippen molar-refractivity contribution < 1.29 is 18.3 Å². The molecule has 0 amide bonds. The van der Waals surface area contributed by atoms with Gasteiger partial charge in [0.25, 0.3) is 0 Å². The third-order valence-electron chi connectivity index (χ3n) is 1.59. The average Bonchev–Trinajstić information content (AvgIpc) is 2.01. The van der Waals surface area contributed by atoms with Gasteiger partial charge in [-0.2, -0.15) is 13.2 Å². The van der Waals surface area contributed by atoms with Crippen LogP contribution in [0.15, 0.2) is 0 Å². The molecule has 0 fully saturated rings. The second-order valence-electron chi connectivity index (χ2n) is 3.16. The van der Waals surface area contributed by atoms with E-state index >= 15 is 0 Å². The predicted octanol–water partition coefficient (Wildman–Crippen LogP) is 2.02. The van der Waals surface area contributed by atoms with Crippen molar-refractivity contribution in [3.8, 4) is 0 Å². The summed E-state index contributed by atoms with van der Waals surface area (Å²) in [6.07, 6.45) is -4.30. The van der Waals surface area contributed by atoms with Gasteiger partial charge in [0.2, 0.25) is 0 Å². The Morgan fingerprint density at radius 3 is 2.36 bits per heavy atom. The topological polar surface area (TPSA) is 23.5 Å². The molecule has 0 aliphatic heterocycles. The van der Waals surface area contributed by atoms with Crippen molar-refractivity contribution in [2.24, 2.45) is 0 Å². The van der Waals surface area contributed by atoms with E-state index in [0.717, 1.165) is 0 Å². The van der Waals surface area contributed by atoms with E-state index in [0.29, 0.717) is 18.3 Å². The largest absolute Gasteiger partial charge is 0.401 e. The highest BCUT2D eigenvalue weighted by atomic mass is 79.9. The summed E-state index contributed by atoms with van der Waals surface area (Å²) in [4.78, 5) is 1.21. The Hall–Kier alpha value is 0.190. The maximum atomic E-state index is 12.0. The van der Waals surface area contributed by atoms with E-state index in [1.165, 1.54) is 4.90 Å². The van der Waals surface area contributed by atoms with E-state index in [1.807, 2.05) is 6.92 Å². The maximum Gasteiger partial charge on any atom is 0.401 e. The van der Waals surface area contributed by atoms with E-state index < -0.39 is 18.8 Å². The Kier molecular flexibility index (Phi) is 6.72. The lowest BCUT2D eigenvalue weighted by molar-refractivity contribution is -0.148. The zero-order valence-corrected chi connectivity index (χ0v) is 9.61. The minimum atomic E-state index is -4.19. The number of halogens is 4. The van der Waals surface area contributed by atoms with E-state index in [9.17, 15) is 18.3 Å². The molecule has 0 aromatic carbocycles. The fourth-order valence-corrected chi connectivity index (χ4v) is 1.36. The standard InChI is InChI=1S/C8H15BrF3NO/c1-2-3-13(5-7(14)4-9)6-8(10,11)12/h7,14H,2-6H2,1H3. The summed E-state index contributed by atoms with van der Waals surface area (Å²) in [7, 11) is 0. The van der Waals surface area contributed by atoms with E-state index in [-0.39, 0.29) is 6.54 Å². The second kappa shape index (κ2) is 6.63. The van der Waals surface area contributed by atoms with Crippen molar-refractivity contribution in [1.29, 1.82) is 0 Å². The average molecular weight is 278 g/mol. The lowest BCUT2D eigenvalue weighted by Gasteiger charge is -2.24. The number of hydrogen-bond acceptors (Lipinski definition) is 2. The van der Waals surface area contributed by atoms with Crippen LogP contribution >= 0.6 is 15.9 Å². The first-order valence-corrected chi connectivity index (χ1v) is 5.54. The van der Waals surface area contributed by atoms with Gasteiger partial charge in [-0.3, -0.25) is 4.90 Å². The zero-order chi connectivity index (χ0) is 11.2. The van der Waals surface area contributed by atoms with Crippen molar-refractivity contribution in [2.75, 3.05) is 25.0 Å². The van der Waals surface area contributed by atoms with Crippen molar-refractivity contribution >= 4 is 15.9 Å². The molecule has 1 N–H and O–H groups in total. The monoisotopic (exact) mass is 277 g/mol. The van der Waals surface area contributed by atoms with Crippen LogP contribution in [0, 0.1) is 0 Å². The Labute approximate surface area is 90.2 Å². The third-order valence-corrected chi connectivity index (χ3v) is 2.34. The fraction of sp³-hybridized carbons (Fsp3) is 1.00. The highest BCUT2D eigenvalue weighted by Gasteiger charge is 2.30. The Morgan fingerprint density at radius 2 is 2.00 bits per heavy atom. The molecule has 0 heterocycles. The molecule has 0 aliphatic carbocycles. The van der Waals surface area contributed by atoms with Gasteiger partial charge in [0, 0.05) is 11.9 Å². The van der Waals surface area contributed by atoms with Crippen LogP contribution in [-0.2, 0) is 0 Å². The molecule has 0 saturated carbocycles. The minimum Gasteiger partial charge on any atom is -0.391 e. The number of rotatable bonds is 6. The van der Waals surface area contributed by atoms with Gasteiger partial charge in [-0.1, -0.05) is 22.9 Å². The zero-order valence-electron chi connectivity index (χ0n) is 8.02. The van der Waals surface area contributed by atoms with Crippen molar-refractivity contribution in [3.63, 3.8) is 0 Å². The van der Waals surface area contributed by atoms with Crippen LogP contribution in [-0.4, -0.2) is 47.3 Å². The molecule has 0 aromatic heterocycles. The first-order chi connectivity index (χ1) is 6.39. The molecular weight excluding hydrogens is 263 g/mol. The number of hydrogen-bond donors (Lipinski definition) is 1. The summed E-state index contributed by atoms with van der Waals surface area (Å²) in [6, 6.07) is 0. The minimum absolute atomic E-state index is 0.0542. The molecule has 2 nitrogen and oxygen atoms in total. The van der Waals surface area contributed by atoms with Crippen molar-refractivity contribution in [2.45, 2.75) is 25.6 Å². The molecule has 0 spiro atoms. The molecule has 6 heteroatoms. The Morgan fingerprint density at radius 1 is 1.43 bits per heavy atom. The lowest BCUT2D eigenvalue weighted by atomic mass is 10.3. The molecular formula is C8H15BrF3NO. The number of nitrogens with zero attached hydrogens (tertiary/aromatic N) is 1. The van der Waals surface area contributed by atoms with Crippen LogP contribution in [0.2, 0.25) is 0 Å². The quantitative estimate of drug-likeness (QED) is 0.751. The second-order valence-corrected chi connectivity index (χ2v) is 3.81. The van der Waals surface area contributed by atoms with Crippen LogP contribution in [0.3, 0.4) is 0 Å². The summed E-state index contributed by atoms with van der Waals surface area (Å²) in [5.74, 6) is 0. The number of aliphatic hydroxyl groups excluding tert-OH is 1. The predicted molar refractivity (Wildman–Crippen MR) is 52.6 cm³/mol. The molecule has 0 radical (unpaired) electrons. The Bertz CT molecular complexity index is 154. The third kappa shape index (κ3) is 7.58. The van der Waals surface area contributed by atoms with E-state index in [4.69, 9.17) is 0 Å². The molecule has 86 valence electrons. The summed E-state index contributed by atoms with van der Waals surface area (Å²) < 4.78 is 36.1. The van der Waals surface area contributed by atoms with Crippen molar-refractivity contribution in [1.82, 2.24) is 4.90 Å². The molecule has 14 heavy (non-hydrogen) atoms. The smallest absolute Gasteiger partial charge is 0.391 e. The van der Waals surface area contributed by atoms with Crippen LogP contribution in [0.25, 0.3) is 0 Å². The molecule has 1 atom stereocenters. The van der Waals surface area contributed by atoms with E-state index in [2.05, 4.69) is 15.9 Å². The number of aliphatic hydroxyl groups is 1. The molecule has 0 saturated heterocycles. The van der Waals surface area contributed by atoms with Crippen LogP contribution in [0.4, 0.5) is 13.2 Å². The van der Waals surface area contributed by atoms with Gasteiger partial charge in [0.15, 0.2) is 0 Å². The van der Waals surface area contributed by atoms with Gasteiger partial charge < -0.3 is 5.11 Å². The summed E-state index contributed by atoms with van der Waals surface area (Å²) in [5.41, 5.74) is 0. The normalized spacial score (nSPS) is 14.8. The number of alkyl halides is 4. The highest BCUT2D eigenvalue weighted by Crippen LogP contribution is 2.16.